The summed E-state index contributed by atoms with van der Waals surface area (Å²) < 4.78 is 51.6. The Bertz CT molecular complexity index is 1240. The fraction of sp³-hybridized carbons (Fsp3) is 0.548. The molecule has 2 amide bonds. The van der Waals surface area contributed by atoms with E-state index < -0.39 is 30.3 Å². The zero-order chi connectivity index (χ0) is 30.6. The number of halogens is 3. The van der Waals surface area contributed by atoms with Crippen LogP contribution in [-0.4, -0.2) is 82.4 Å². The number of amides is 2. The monoisotopic (exact) mass is 605 g/mol. The van der Waals surface area contributed by atoms with Gasteiger partial charge in [0.05, 0.1) is 25.4 Å². The van der Waals surface area contributed by atoms with E-state index in [2.05, 4.69) is 10.2 Å². The highest BCUT2D eigenvalue weighted by Gasteiger charge is 2.47. The molecule has 3 aliphatic heterocycles. The summed E-state index contributed by atoms with van der Waals surface area (Å²) in [6.45, 7) is 1.61. The van der Waals surface area contributed by atoms with Gasteiger partial charge in [0.1, 0.15) is 6.04 Å². The maximum atomic E-state index is 12.9. The van der Waals surface area contributed by atoms with E-state index in [-0.39, 0.29) is 51.0 Å². The number of benzene rings is 2. The lowest BCUT2D eigenvalue weighted by atomic mass is 9.99. The van der Waals surface area contributed by atoms with E-state index in [1.807, 2.05) is 36.4 Å². The maximum absolute atomic E-state index is 12.9. The molecule has 3 aliphatic rings. The molecular formula is C31H38F3N3O6. The van der Waals surface area contributed by atoms with Gasteiger partial charge in [0, 0.05) is 37.7 Å². The summed E-state index contributed by atoms with van der Waals surface area (Å²) in [5.41, 5.74) is 3.28. The van der Waals surface area contributed by atoms with Crippen LogP contribution in [0, 0.1) is 0 Å². The SMILES string of the molecule is O=C(NCc1ccc([C@@H]2O[C@H](CN3CCC[C@H]3CO)C[C@H](c3ccc(CO)cc3)O2)cc1)[C@@H]1CCCN1C(=O)C(F)(F)F. The van der Waals surface area contributed by atoms with Gasteiger partial charge in [-0.1, -0.05) is 48.5 Å². The van der Waals surface area contributed by atoms with Crippen LogP contribution in [0.15, 0.2) is 48.5 Å². The fourth-order valence-corrected chi connectivity index (χ4v) is 6.18. The van der Waals surface area contributed by atoms with Crippen LogP contribution in [0.25, 0.3) is 0 Å². The summed E-state index contributed by atoms with van der Waals surface area (Å²) in [5.74, 6) is -2.60. The number of hydrogen-bond acceptors (Lipinski definition) is 7. The predicted octanol–water partition coefficient (Wildman–Crippen LogP) is 3.35. The van der Waals surface area contributed by atoms with Gasteiger partial charge in [-0.15, -0.1) is 0 Å². The largest absolute Gasteiger partial charge is 0.471 e. The van der Waals surface area contributed by atoms with Crippen LogP contribution in [0.4, 0.5) is 13.2 Å². The van der Waals surface area contributed by atoms with Gasteiger partial charge >= 0.3 is 12.1 Å². The molecule has 2 aromatic carbocycles. The molecule has 0 spiro atoms. The number of ether oxygens (including phenoxy) is 2. The van der Waals surface area contributed by atoms with Crippen LogP contribution in [0.5, 0.6) is 0 Å². The van der Waals surface area contributed by atoms with Crippen LogP contribution in [0.3, 0.4) is 0 Å². The van der Waals surface area contributed by atoms with E-state index in [1.54, 1.807) is 12.1 Å². The third kappa shape index (κ3) is 7.55. The predicted molar refractivity (Wildman–Crippen MR) is 149 cm³/mol. The summed E-state index contributed by atoms with van der Waals surface area (Å²) in [6, 6.07) is 13.9. The zero-order valence-corrected chi connectivity index (χ0v) is 23.8. The van der Waals surface area contributed by atoms with Crippen molar-refractivity contribution in [2.45, 2.75) is 82.0 Å². The Labute approximate surface area is 248 Å². The number of carbonyl (C=O) groups is 2. The first-order chi connectivity index (χ1) is 20.7. The Hall–Kier alpha value is -3.03. The number of hydrogen-bond donors (Lipinski definition) is 3. The van der Waals surface area contributed by atoms with Gasteiger partial charge in [0.25, 0.3) is 0 Å². The quantitative estimate of drug-likeness (QED) is 0.402. The number of nitrogens with one attached hydrogen (secondary N) is 1. The second kappa shape index (κ2) is 13.7. The van der Waals surface area contributed by atoms with E-state index in [4.69, 9.17) is 9.47 Å². The van der Waals surface area contributed by atoms with Crippen molar-refractivity contribution in [1.82, 2.24) is 15.1 Å². The lowest BCUT2D eigenvalue weighted by Gasteiger charge is -2.38. The second-order valence-electron chi connectivity index (χ2n) is 11.4. The topological polar surface area (TPSA) is 112 Å². The van der Waals surface area contributed by atoms with Gasteiger partial charge < -0.3 is 29.9 Å². The highest BCUT2D eigenvalue weighted by atomic mass is 19.4. The number of likely N-dealkylation sites (tertiary alicyclic amines) is 2. The first-order valence-electron chi connectivity index (χ1n) is 14.8. The smallest absolute Gasteiger partial charge is 0.395 e. The van der Waals surface area contributed by atoms with Crippen LogP contribution in [0.1, 0.15) is 66.8 Å². The number of alkyl halides is 3. The van der Waals surface area contributed by atoms with Gasteiger partial charge in [-0.05, 0) is 48.9 Å². The maximum Gasteiger partial charge on any atom is 0.471 e. The van der Waals surface area contributed by atoms with Crippen LogP contribution < -0.4 is 5.32 Å². The van der Waals surface area contributed by atoms with Gasteiger partial charge in [0.2, 0.25) is 5.91 Å². The second-order valence-corrected chi connectivity index (χ2v) is 11.4. The Morgan fingerprint density at radius 3 is 2.26 bits per heavy atom. The zero-order valence-electron chi connectivity index (χ0n) is 23.8. The molecule has 9 nitrogen and oxygen atoms in total. The molecule has 2 aromatic rings. The van der Waals surface area contributed by atoms with E-state index in [9.17, 15) is 33.0 Å². The minimum atomic E-state index is -5.02. The molecule has 12 heteroatoms. The van der Waals surface area contributed by atoms with Crippen LogP contribution in [0.2, 0.25) is 0 Å². The number of nitrogens with zero attached hydrogens (tertiary/aromatic N) is 2. The molecule has 3 N–H and O–H groups in total. The van der Waals surface area contributed by atoms with E-state index in [0.717, 1.165) is 41.6 Å². The molecule has 3 heterocycles. The lowest BCUT2D eigenvalue weighted by molar-refractivity contribution is -0.253. The normalized spacial score (nSPS) is 26.5. The lowest BCUT2D eigenvalue weighted by Crippen LogP contribution is -2.50. The summed E-state index contributed by atoms with van der Waals surface area (Å²) >= 11 is 0. The third-order valence-electron chi connectivity index (χ3n) is 8.54. The standard InChI is InChI=1S/C31H38F3N3O6/c32-31(33,34)30(41)37-14-2-4-26(37)28(40)35-16-20-5-11-23(12-6-20)29-42-25(17-36-13-1-3-24(36)19-39)15-27(43-29)22-9-7-21(18-38)8-10-22/h5-12,24-27,29,38-39H,1-4,13-19H2,(H,35,40)/t24-,25-,26-,27+,29+/m0/s1. The van der Waals surface area contributed by atoms with E-state index in [0.29, 0.717) is 24.3 Å². The molecule has 3 fully saturated rings. The summed E-state index contributed by atoms with van der Waals surface area (Å²) in [5, 5.41) is 21.9. The van der Waals surface area contributed by atoms with Gasteiger partial charge in [0.15, 0.2) is 6.29 Å². The average Bonchev–Trinajstić information content (AvgIpc) is 3.69. The van der Waals surface area contributed by atoms with Crippen LogP contribution in [-0.2, 0) is 32.2 Å². The summed E-state index contributed by atoms with van der Waals surface area (Å²) in [7, 11) is 0. The van der Waals surface area contributed by atoms with E-state index in [1.165, 1.54) is 0 Å². The molecule has 0 bridgehead atoms. The molecule has 43 heavy (non-hydrogen) atoms. The Morgan fingerprint density at radius 2 is 1.58 bits per heavy atom. The molecule has 0 radical (unpaired) electrons. The number of carbonyl (C=O) groups excluding carboxylic acids is 2. The highest BCUT2D eigenvalue weighted by Crippen LogP contribution is 2.39. The number of aliphatic hydroxyl groups is 2. The van der Waals surface area contributed by atoms with E-state index >= 15 is 0 Å². The van der Waals surface area contributed by atoms with Gasteiger partial charge in [-0.3, -0.25) is 14.5 Å². The van der Waals surface area contributed by atoms with Crippen molar-refractivity contribution >= 4 is 11.8 Å². The molecule has 5 rings (SSSR count). The van der Waals surface area contributed by atoms with Crippen molar-refractivity contribution in [3.63, 3.8) is 0 Å². The Balaban J connectivity index is 1.24. The number of rotatable bonds is 9. The first-order valence-corrected chi connectivity index (χ1v) is 14.8. The molecule has 0 aliphatic carbocycles. The summed E-state index contributed by atoms with van der Waals surface area (Å²) in [4.78, 5) is 27.2. The van der Waals surface area contributed by atoms with Crippen LogP contribution >= 0.6 is 0 Å². The highest BCUT2D eigenvalue weighted by molar-refractivity contribution is 5.90. The molecular weight excluding hydrogens is 567 g/mol. The average molecular weight is 606 g/mol. The molecule has 234 valence electrons. The third-order valence-corrected chi connectivity index (χ3v) is 8.54. The van der Waals surface area contributed by atoms with Crippen molar-refractivity contribution in [1.29, 1.82) is 0 Å². The summed E-state index contributed by atoms with van der Waals surface area (Å²) in [6.07, 6.45) is -2.96. The first kappa shape index (κ1) is 31.4. The van der Waals surface area contributed by atoms with Crippen molar-refractivity contribution in [2.75, 3.05) is 26.2 Å². The van der Waals surface area contributed by atoms with Crippen molar-refractivity contribution in [2.24, 2.45) is 0 Å². The Morgan fingerprint density at radius 1 is 0.907 bits per heavy atom. The minimum Gasteiger partial charge on any atom is -0.395 e. The molecule has 0 saturated carbocycles. The van der Waals surface area contributed by atoms with Crippen molar-refractivity contribution in [3.05, 3.63) is 70.8 Å². The minimum absolute atomic E-state index is 0.0466. The fourth-order valence-electron chi connectivity index (χ4n) is 6.18. The van der Waals surface area contributed by atoms with Crippen molar-refractivity contribution in [3.8, 4) is 0 Å². The molecule has 0 aromatic heterocycles. The van der Waals surface area contributed by atoms with Gasteiger partial charge in [-0.2, -0.15) is 13.2 Å². The number of aliphatic hydroxyl groups excluding tert-OH is 2. The molecule has 3 saturated heterocycles. The molecule has 0 unspecified atom stereocenters. The molecule has 5 atom stereocenters. The van der Waals surface area contributed by atoms with Crippen molar-refractivity contribution < 1.29 is 42.4 Å². The van der Waals surface area contributed by atoms with Gasteiger partial charge in [-0.25, -0.2) is 0 Å². The Kier molecular flexibility index (Phi) is 10.0.